The molecule has 0 saturated carbocycles. The van der Waals surface area contributed by atoms with E-state index in [4.69, 9.17) is 5.11 Å². The molecule has 2 aliphatic heterocycles. The minimum absolute atomic E-state index is 0.00708. The van der Waals surface area contributed by atoms with Crippen LogP contribution in [0.1, 0.15) is 40.0 Å². The second-order valence-electron chi connectivity index (χ2n) is 7.58. The predicted molar refractivity (Wildman–Crippen MR) is 89.0 cm³/mol. The van der Waals surface area contributed by atoms with E-state index in [9.17, 15) is 14.4 Å². The van der Waals surface area contributed by atoms with Gasteiger partial charge in [-0.1, -0.05) is 20.8 Å². The Morgan fingerprint density at radius 3 is 2.57 bits per heavy atom. The third kappa shape index (κ3) is 4.62. The first-order chi connectivity index (χ1) is 10.7. The maximum atomic E-state index is 12.8. The molecule has 0 aromatic carbocycles. The highest BCUT2D eigenvalue weighted by molar-refractivity contribution is 7.99. The summed E-state index contributed by atoms with van der Waals surface area (Å²) in [5.74, 6) is -0.273. The van der Waals surface area contributed by atoms with Crippen molar-refractivity contribution < 1.29 is 19.5 Å². The number of aliphatic carboxylic acids is 1. The van der Waals surface area contributed by atoms with Crippen LogP contribution in [0.15, 0.2) is 0 Å². The predicted octanol–water partition coefficient (Wildman–Crippen LogP) is 1.65. The van der Waals surface area contributed by atoms with Gasteiger partial charge in [0.25, 0.3) is 0 Å². The zero-order valence-corrected chi connectivity index (χ0v) is 14.9. The lowest BCUT2D eigenvalue weighted by atomic mass is 9.91. The molecule has 2 unspecified atom stereocenters. The van der Waals surface area contributed by atoms with Crippen LogP contribution in [0.5, 0.6) is 0 Å². The van der Waals surface area contributed by atoms with Gasteiger partial charge in [0.15, 0.2) is 0 Å². The Bertz CT molecular complexity index is 489. The minimum Gasteiger partial charge on any atom is -0.481 e. The van der Waals surface area contributed by atoms with Gasteiger partial charge in [0, 0.05) is 25.3 Å². The summed E-state index contributed by atoms with van der Waals surface area (Å²) in [4.78, 5) is 39.7. The normalized spacial score (nSPS) is 25.5. The standard InChI is InChI=1S/C16H26N2O4S/c1-16(2,3)7-13(19)18-10-23-9-12(18)14(20)17-6-4-5-11(8-17)15(21)22/h11-12H,4-10H2,1-3H3,(H,21,22). The number of rotatable bonds is 3. The lowest BCUT2D eigenvalue weighted by Gasteiger charge is -2.35. The van der Waals surface area contributed by atoms with Gasteiger partial charge < -0.3 is 14.9 Å². The number of piperidine rings is 1. The van der Waals surface area contributed by atoms with E-state index in [0.717, 1.165) is 0 Å². The summed E-state index contributed by atoms with van der Waals surface area (Å²) in [5.41, 5.74) is -0.114. The van der Waals surface area contributed by atoms with Gasteiger partial charge in [0.2, 0.25) is 11.8 Å². The van der Waals surface area contributed by atoms with Crippen LogP contribution < -0.4 is 0 Å². The van der Waals surface area contributed by atoms with Crippen LogP contribution in [0, 0.1) is 11.3 Å². The van der Waals surface area contributed by atoms with Crippen LogP contribution in [0.25, 0.3) is 0 Å². The fourth-order valence-electron chi connectivity index (χ4n) is 3.04. The number of likely N-dealkylation sites (tertiary alicyclic amines) is 1. The third-order valence-electron chi connectivity index (χ3n) is 4.25. The van der Waals surface area contributed by atoms with Gasteiger partial charge >= 0.3 is 5.97 Å². The van der Waals surface area contributed by atoms with E-state index in [1.165, 1.54) is 0 Å². The second-order valence-corrected chi connectivity index (χ2v) is 8.58. The number of carbonyl (C=O) groups is 3. The maximum absolute atomic E-state index is 12.8. The highest BCUT2D eigenvalue weighted by Gasteiger charge is 2.39. The molecule has 0 bridgehead atoms. The fourth-order valence-corrected chi connectivity index (χ4v) is 4.21. The molecule has 2 fully saturated rings. The summed E-state index contributed by atoms with van der Waals surface area (Å²) < 4.78 is 0. The zero-order chi connectivity index (χ0) is 17.2. The van der Waals surface area contributed by atoms with E-state index >= 15 is 0 Å². The Morgan fingerprint density at radius 1 is 1.26 bits per heavy atom. The lowest BCUT2D eigenvalue weighted by Crippen LogP contribution is -2.52. The van der Waals surface area contributed by atoms with Gasteiger partial charge in [-0.15, -0.1) is 11.8 Å². The van der Waals surface area contributed by atoms with Crippen LogP contribution in [0.3, 0.4) is 0 Å². The van der Waals surface area contributed by atoms with Crippen molar-refractivity contribution in [1.29, 1.82) is 0 Å². The molecule has 2 rings (SSSR count). The fraction of sp³-hybridized carbons (Fsp3) is 0.812. The van der Waals surface area contributed by atoms with E-state index < -0.39 is 17.9 Å². The highest BCUT2D eigenvalue weighted by atomic mass is 32.2. The van der Waals surface area contributed by atoms with Crippen molar-refractivity contribution in [2.75, 3.05) is 24.7 Å². The SMILES string of the molecule is CC(C)(C)CC(=O)N1CSCC1C(=O)N1CCCC(C(=O)O)C1. The van der Waals surface area contributed by atoms with Crippen molar-refractivity contribution in [3.63, 3.8) is 0 Å². The first-order valence-corrected chi connectivity index (χ1v) is 9.23. The van der Waals surface area contributed by atoms with E-state index in [0.29, 0.717) is 37.4 Å². The molecule has 0 radical (unpaired) electrons. The van der Waals surface area contributed by atoms with Crippen LogP contribution in [-0.2, 0) is 14.4 Å². The molecule has 2 amide bonds. The molecular formula is C16H26N2O4S. The second kappa shape index (κ2) is 7.11. The molecule has 2 heterocycles. The Balaban J connectivity index is 2.02. The Kier molecular flexibility index (Phi) is 5.60. The first-order valence-electron chi connectivity index (χ1n) is 8.08. The summed E-state index contributed by atoms with van der Waals surface area (Å²) in [6.07, 6.45) is 1.73. The molecule has 0 aliphatic carbocycles. The minimum atomic E-state index is -0.844. The van der Waals surface area contributed by atoms with Gasteiger partial charge in [-0.2, -0.15) is 0 Å². The zero-order valence-electron chi connectivity index (χ0n) is 14.1. The quantitative estimate of drug-likeness (QED) is 0.844. The summed E-state index contributed by atoms with van der Waals surface area (Å²) in [6, 6.07) is -0.442. The highest BCUT2D eigenvalue weighted by Crippen LogP contribution is 2.28. The van der Waals surface area contributed by atoms with Crippen molar-refractivity contribution >= 4 is 29.5 Å². The van der Waals surface area contributed by atoms with Gasteiger partial charge in [-0.25, -0.2) is 0 Å². The monoisotopic (exact) mass is 342 g/mol. The first kappa shape index (κ1) is 18.1. The molecule has 1 N–H and O–H groups in total. The molecular weight excluding hydrogens is 316 g/mol. The van der Waals surface area contributed by atoms with Gasteiger partial charge in [-0.3, -0.25) is 14.4 Å². The molecule has 2 atom stereocenters. The van der Waals surface area contributed by atoms with Crippen molar-refractivity contribution in [3.05, 3.63) is 0 Å². The number of hydrogen-bond acceptors (Lipinski definition) is 4. The van der Waals surface area contributed by atoms with E-state index in [-0.39, 0.29) is 23.8 Å². The number of hydrogen-bond donors (Lipinski definition) is 1. The largest absolute Gasteiger partial charge is 0.481 e. The summed E-state index contributed by atoms with van der Waals surface area (Å²) >= 11 is 1.59. The molecule has 6 nitrogen and oxygen atoms in total. The molecule has 0 aromatic heterocycles. The smallest absolute Gasteiger partial charge is 0.308 e. The molecule has 0 spiro atoms. The molecule has 7 heteroatoms. The topological polar surface area (TPSA) is 77.9 Å². The number of carboxylic acid groups (broad SMARTS) is 1. The number of nitrogens with zero attached hydrogens (tertiary/aromatic N) is 2. The van der Waals surface area contributed by atoms with Gasteiger partial charge in [0.05, 0.1) is 11.8 Å². The van der Waals surface area contributed by atoms with Crippen molar-refractivity contribution in [1.82, 2.24) is 9.80 Å². The maximum Gasteiger partial charge on any atom is 0.308 e. The van der Waals surface area contributed by atoms with Crippen LogP contribution in [0.2, 0.25) is 0 Å². The van der Waals surface area contributed by atoms with Crippen molar-refractivity contribution in [3.8, 4) is 0 Å². The number of carbonyl (C=O) groups excluding carboxylic acids is 2. The molecule has 0 aromatic rings. The molecule has 2 saturated heterocycles. The van der Waals surface area contributed by atoms with Crippen LogP contribution >= 0.6 is 11.8 Å². The van der Waals surface area contributed by atoms with E-state index in [1.54, 1.807) is 21.6 Å². The number of carboxylic acids is 1. The molecule has 23 heavy (non-hydrogen) atoms. The molecule has 130 valence electrons. The van der Waals surface area contributed by atoms with Crippen molar-refractivity contribution in [2.24, 2.45) is 11.3 Å². The third-order valence-corrected chi connectivity index (χ3v) is 5.26. The van der Waals surface area contributed by atoms with Gasteiger partial charge in [-0.05, 0) is 18.3 Å². The number of thioether (sulfide) groups is 1. The van der Waals surface area contributed by atoms with Crippen LogP contribution in [-0.4, -0.2) is 63.5 Å². The lowest BCUT2D eigenvalue weighted by molar-refractivity contribution is -0.149. The van der Waals surface area contributed by atoms with Gasteiger partial charge in [0.1, 0.15) is 6.04 Å². The number of amides is 2. The average molecular weight is 342 g/mol. The van der Waals surface area contributed by atoms with E-state index in [2.05, 4.69) is 0 Å². The van der Waals surface area contributed by atoms with Crippen molar-refractivity contribution in [2.45, 2.75) is 46.1 Å². The summed E-state index contributed by atoms with van der Waals surface area (Å²) in [7, 11) is 0. The average Bonchev–Trinajstić information content (AvgIpc) is 2.94. The molecule has 2 aliphatic rings. The Hall–Kier alpha value is -1.24. The summed E-state index contributed by atoms with van der Waals surface area (Å²) in [6.45, 7) is 6.87. The Labute approximate surface area is 141 Å². The van der Waals surface area contributed by atoms with Crippen LogP contribution in [0.4, 0.5) is 0 Å². The Morgan fingerprint density at radius 2 is 1.96 bits per heavy atom. The summed E-state index contributed by atoms with van der Waals surface area (Å²) in [5, 5.41) is 9.16. The van der Waals surface area contributed by atoms with E-state index in [1.807, 2.05) is 20.8 Å².